The minimum atomic E-state index is -0.278. The molecule has 0 unspecified atom stereocenters. The summed E-state index contributed by atoms with van der Waals surface area (Å²) in [5.74, 6) is 1.10. The number of aromatic nitrogens is 5. The van der Waals surface area contributed by atoms with E-state index in [9.17, 15) is 4.79 Å². The van der Waals surface area contributed by atoms with Crippen molar-refractivity contribution in [1.82, 2.24) is 24.6 Å². The van der Waals surface area contributed by atoms with E-state index in [1.54, 1.807) is 17.7 Å². The average molecular weight is 576 g/mol. The lowest BCUT2D eigenvalue weighted by molar-refractivity contribution is -0.113. The molecule has 206 valence electrons. The van der Waals surface area contributed by atoms with Gasteiger partial charge in [-0.05, 0) is 38.5 Å². The van der Waals surface area contributed by atoms with Gasteiger partial charge in [-0.25, -0.2) is 9.97 Å². The van der Waals surface area contributed by atoms with Crippen LogP contribution in [0.4, 0.5) is 11.5 Å². The predicted molar refractivity (Wildman–Crippen MR) is 158 cm³/mol. The molecule has 6 heterocycles. The van der Waals surface area contributed by atoms with Gasteiger partial charge >= 0.3 is 0 Å². The number of amides is 1. The molecule has 1 amide bonds. The molecule has 1 fully saturated rings. The van der Waals surface area contributed by atoms with E-state index in [1.165, 1.54) is 17.3 Å². The molecule has 0 bridgehead atoms. The van der Waals surface area contributed by atoms with Gasteiger partial charge in [0.1, 0.15) is 21.7 Å². The van der Waals surface area contributed by atoms with Crippen molar-refractivity contribution in [3.63, 3.8) is 0 Å². The molecule has 0 atom stereocenters. The second-order valence-corrected chi connectivity index (χ2v) is 12.7. The molecule has 12 heteroatoms. The highest BCUT2D eigenvalue weighted by atomic mass is 32.2. The summed E-state index contributed by atoms with van der Waals surface area (Å²) in [5.41, 5.74) is 5.66. The second-order valence-electron chi connectivity index (χ2n) is 10.8. The lowest BCUT2D eigenvalue weighted by atomic mass is 9.90. The maximum atomic E-state index is 12.6. The Balaban J connectivity index is 1.25. The van der Waals surface area contributed by atoms with Crippen LogP contribution in [-0.2, 0) is 27.3 Å². The van der Waals surface area contributed by atoms with Crippen LogP contribution in [-0.4, -0.2) is 68.1 Å². The number of ether oxygens (including phenoxy) is 2. The predicted octanol–water partition coefficient (Wildman–Crippen LogP) is 4.61. The molecule has 4 aromatic heterocycles. The Labute approximate surface area is 239 Å². The molecule has 10 nitrogen and oxygen atoms in total. The number of rotatable bonds is 5. The first-order valence-corrected chi connectivity index (χ1v) is 15.1. The Morgan fingerprint density at radius 2 is 1.95 bits per heavy atom. The number of pyridine rings is 1. The van der Waals surface area contributed by atoms with Gasteiger partial charge in [0.15, 0.2) is 10.8 Å². The molecule has 1 saturated heterocycles. The summed E-state index contributed by atoms with van der Waals surface area (Å²) in [6, 6.07) is 7.75. The van der Waals surface area contributed by atoms with Crippen LogP contribution in [0.1, 0.15) is 30.5 Å². The Kier molecular flexibility index (Phi) is 6.38. The molecule has 0 radical (unpaired) electrons. The number of morpholine rings is 1. The third-order valence-corrected chi connectivity index (χ3v) is 9.38. The van der Waals surface area contributed by atoms with Crippen LogP contribution in [0.25, 0.3) is 26.1 Å². The van der Waals surface area contributed by atoms with Gasteiger partial charge in [0.05, 0.1) is 36.7 Å². The molecular formula is C28H29N7O3S2. The largest absolute Gasteiger partial charge is 0.378 e. The normalized spacial score (nSPS) is 17.0. The summed E-state index contributed by atoms with van der Waals surface area (Å²) in [6.07, 6.45) is 2.54. The van der Waals surface area contributed by atoms with E-state index in [2.05, 4.69) is 34.3 Å². The molecule has 0 saturated carbocycles. The van der Waals surface area contributed by atoms with Gasteiger partial charge in [0, 0.05) is 36.1 Å². The Bertz CT molecular complexity index is 1760. The van der Waals surface area contributed by atoms with Gasteiger partial charge < -0.3 is 19.7 Å². The SMILES string of the molecule is Cc1ccc(NC(=O)CSc2nnc3c4sc5nc(N6CCOCC6)c6c(c5c4ncn23)CC(C)(C)OC6)cc1. The minimum Gasteiger partial charge on any atom is -0.378 e. The van der Waals surface area contributed by atoms with Crippen molar-refractivity contribution in [3.05, 3.63) is 47.3 Å². The first-order chi connectivity index (χ1) is 19.4. The fourth-order valence-corrected chi connectivity index (χ4v) is 7.16. The summed E-state index contributed by atoms with van der Waals surface area (Å²) >= 11 is 2.94. The van der Waals surface area contributed by atoms with Gasteiger partial charge in [0.2, 0.25) is 5.91 Å². The van der Waals surface area contributed by atoms with Crippen molar-refractivity contribution < 1.29 is 14.3 Å². The highest BCUT2D eigenvalue weighted by Crippen LogP contribution is 2.43. The van der Waals surface area contributed by atoms with Crippen molar-refractivity contribution >= 4 is 66.6 Å². The molecule has 1 N–H and O–H groups in total. The van der Waals surface area contributed by atoms with Crippen molar-refractivity contribution in [1.29, 1.82) is 0 Å². The maximum Gasteiger partial charge on any atom is 0.234 e. The van der Waals surface area contributed by atoms with E-state index in [1.807, 2.05) is 35.6 Å². The zero-order chi connectivity index (χ0) is 27.4. The van der Waals surface area contributed by atoms with E-state index in [0.717, 1.165) is 68.2 Å². The topological polar surface area (TPSA) is 107 Å². The van der Waals surface area contributed by atoms with E-state index in [0.29, 0.717) is 25.0 Å². The summed E-state index contributed by atoms with van der Waals surface area (Å²) in [5, 5.41) is 13.6. The van der Waals surface area contributed by atoms with Crippen molar-refractivity contribution in [2.24, 2.45) is 0 Å². The number of hydrogen-bond donors (Lipinski definition) is 1. The summed E-state index contributed by atoms with van der Waals surface area (Å²) in [4.78, 5) is 25.9. The zero-order valence-electron chi connectivity index (χ0n) is 22.6. The highest BCUT2D eigenvalue weighted by Gasteiger charge is 2.33. The van der Waals surface area contributed by atoms with Gasteiger partial charge in [-0.3, -0.25) is 9.20 Å². The molecule has 0 spiro atoms. The van der Waals surface area contributed by atoms with Gasteiger partial charge in [-0.2, -0.15) is 0 Å². The average Bonchev–Trinajstić information content (AvgIpc) is 3.54. The fraction of sp³-hybridized carbons (Fsp3) is 0.393. The van der Waals surface area contributed by atoms with Crippen molar-refractivity contribution in [3.8, 4) is 0 Å². The zero-order valence-corrected chi connectivity index (χ0v) is 24.2. The molecule has 2 aliphatic heterocycles. The third-order valence-electron chi connectivity index (χ3n) is 7.37. The van der Waals surface area contributed by atoms with Crippen LogP contribution in [0.2, 0.25) is 0 Å². The van der Waals surface area contributed by atoms with E-state index >= 15 is 0 Å². The molecule has 40 heavy (non-hydrogen) atoms. The Morgan fingerprint density at radius 3 is 2.75 bits per heavy atom. The number of carbonyl (C=O) groups is 1. The number of thioether (sulfide) groups is 1. The van der Waals surface area contributed by atoms with Crippen LogP contribution in [0.15, 0.2) is 35.7 Å². The first kappa shape index (κ1) is 25.6. The number of thiophene rings is 1. The lowest BCUT2D eigenvalue weighted by Gasteiger charge is -2.36. The van der Waals surface area contributed by atoms with Crippen molar-refractivity contribution in [2.45, 2.75) is 44.6 Å². The summed E-state index contributed by atoms with van der Waals surface area (Å²) < 4.78 is 14.7. The first-order valence-electron chi connectivity index (χ1n) is 13.3. The highest BCUT2D eigenvalue weighted by molar-refractivity contribution is 7.99. The van der Waals surface area contributed by atoms with Gasteiger partial charge in [0.25, 0.3) is 0 Å². The van der Waals surface area contributed by atoms with Crippen molar-refractivity contribution in [2.75, 3.05) is 42.3 Å². The van der Waals surface area contributed by atoms with Crippen LogP contribution < -0.4 is 10.2 Å². The second kappa shape index (κ2) is 9.95. The molecule has 0 aliphatic carbocycles. The quantitative estimate of drug-likeness (QED) is 0.301. The van der Waals surface area contributed by atoms with Crippen LogP contribution >= 0.6 is 23.1 Å². The molecule has 1 aromatic carbocycles. The Morgan fingerprint density at radius 1 is 1.15 bits per heavy atom. The van der Waals surface area contributed by atoms with E-state index in [4.69, 9.17) is 19.4 Å². The third kappa shape index (κ3) is 4.58. The van der Waals surface area contributed by atoms with Crippen LogP contribution in [0.3, 0.4) is 0 Å². The molecular weight excluding hydrogens is 546 g/mol. The standard InChI is InChI=1S/C28H29N7O3S2/c1-16-4-6-17(7-5-16)30-20(36)14-39-27-33-32-25-23-22(29-15-35(25)27)21-18-12-28(2,3)38-13-19(18)24(31-26(21)40-23)34-8-10-37-11-9-34/h4-7,15H,8-14H2,1-3H3,(H,30,36). The molecule has 5 aromatic rings. The number of fused-ring (bicyclic) bond motifs is 7. The minimum absolute atomic E-state index is 0.0993. The smallest absolute Gasteiger partial charge is 0.234 e. The fourth-order valence-electron chi connectivity index (χ4n) is 5.33. The number of hydrogen-bond acceptors (Lipinski definition) is 10. The molecule has 2 aliphatic rings. The van der Waals surface area contributed by atoms with E-state index < -0.39 is 0 Å². The number of carbonyl (C=O) groups excluding carboxylic acids is 1. The summed E-state index contributed by atoms with van der Waals surface area (Å²) in [6.45, 7) is 9.81. The number of nitrogens with zero attached hydrogens (tertiary/aromatic N) is 6. The van der Waals surface area contributed by atoms with Crippen LogP contribution in [0.5, 0.6) is 0 Å². The van der Waals surface area contributed by atoms with Gasteiger partial charge in [-0.15, -0.1) is 21.5 Å². The number of anilines is 2. The van der Waals surface area contributed by atoms with E-state index in [-0.39, 0.29) is 17.3 Å². The molecule has 7 rings (SSSR count). The monoisotopic (exact) mass is 575 g/mol. The number of aryl methyl sites for hydroxylation is 1. The summed E-state index contributed by atoms with van der Waals surface area (Å²) in [7, 11) is 0. The number of benzene rings is 1. The van der Waals surface area contributed by atoms with Crippen LogP contribution in [0, 0.1) is 6.92 Å². The number of nitrogens with one attached hydrogen (secondary N) is 1. The maximum absolute atomic E-state index is 12.6. The Hall–Kier alpha value is -3.32. The van der Waals surface area contributed by atoms with Gasteiger partial charge in [-0.1, -0.05) is 29.5 Å². The lowest BCUT2D eigenvalue weighted by Crippen LogP contribution is -2.39.